The molecular formula is C15H13ClN2O4S. The molecule has 0 radical (unpaired) electrons. The SMILES string of the molecule is O=C(O)C1=C(CCl)CS[C@@H]2[C@H](N=Cc3ccccc3O)C(=O)N12. The second kappa shape index (κ2) is 6.25. The number of carbonyl (C=O) groups excluding carboxylic acids is 1. The van der Waals surface area contributed by atoms with Gasteiger partial charge in [0.15, 0.2) is 6.04 Å². The van der Waals surface area contributed by atoms with Crippen LogP contribution in [-0.2, 0) is 9.59 Å². The molecular weight excluding hydrogens is 340 g/mol. The van der Waals surface area contributed by atoms with Crippen LogP contribution in [0, 0.1) is 0 Å². The number of β-lactam (4-membered cyclic amide) rings is 1. The van der Waals surface area contributed by atoms with E-state index in [9.17, 15) is 19.8 Å². The van der Waals surface area contributed by atoms with E-state index in [0.29, 0.717) is 16.9 Å². The smallest absolute Gasteiger partial charge is 0.352 e. The molecule has 0 aliphatic carbocycles. The van der Waals surface area contributed by atoms with Crippen LogP contribution in [0.1, 0.15) is 5.56 Å². The third kappa shape index (κ3) is 2.70. The van der Waals surface area contributed by atoms with Gasteiger partial charge in [0.1, 0.15) is 16.8 Å². The number of aromatic hydroxyl groups is 1. The Labute approximate surface area is 141 Å². The van der Waals surface area contributed by atoms with Gasteiger partial charge in [0.05, 0.1) is 0 Å². The zero-order valence-electron chi connectivity index (χ0n) is 11.8. The molecule has 0 aromatic heterocycles. The number of fused-ring (bicyclic) bond motifs is 1. The molecule has 2 heterocycles. The number of amides is 1. The summed E-state index contributed by atoms with van der Waals surface area (Å²) in [4.78, 5) is 29.1. The number of thioether (sulfide) groups is 1. The van der Waals surface area contributed by atoms with Gasteiger partial charge in [-0.1, -0.05) is 12.1 Å². The highest BCUT2D eigenvalue weighted by Crippen LogP contribution is 2.41. The molecule has 1 aromatic carbocycles. The number of nitrogens with zero attached hydrogens (tertiary/aromatic N) is 2. The van der Waals surface area contributed by atoms with Gasteiger partial charge in [0.25, 0.3) is 5.91 Å². The summed E-state index contributed by atoms with van der Waals surface area (Å²) >= 11 is 7.21. The van der Waals surface area contributed by atoms with E-state index in [-0.39, 0.29) is 28.6 Å². The first-order chi connectivity index (χ1) is 11.0. The van der Waals surface area contributed by atoms with Gasteiger partial charge in [-0.15, -0.1) is 23.4 Å². The minimum absolute atomic E-state index is 0.0252. The number of carbonyl (C=O) groups is 2. The van der Waals surface area contributed by atoms with E-state index in [4.69, 9.17) is 11.6 Å². The average Bonchev–Trinajstić information content (AvgIpc) is 2.55. The molecule has 8 heteroatoms. The summed E-state index contributed by atoms with van der Waals surface area (Å²) in [5.41, 5.74) is 1.02. The molecule has 1 amide bonds. The van der Waals surface area contributed by atoms with Crippen molar-refractivity contribution >= 4 is 41.5 Å². The highest BCUT2D eigenvalue weighted by Gasteiger charge is 2.53. The number of aliphatic carboxylic acids is 1. The first kappa shape index (κ1) is 15.9. The van der Waals surface area contributed by atoms with E-state index in [0.717, 1.165) is 0 Å². The molecule has 2 atom stereocenters. The van der Waals surface area contributed by atoms with Crippen molar-refractivity contribution in [2.24, 2.45) is 4.99 Å². The van der Waals surface area contributed by atoms with Crippen LogP contribution < -0.4 is 0 Å². The van der Waals surface area contributed by atoms with E-state index in [1.165, 1.54) is 28.9 Å². The fraction of sp³-hybridized carbons (Fsp3) is 0.267. The minimum Gasteiger partial charge on any atom is -0.507 e. The van der Waals surface area contributed by atoms with Crippen molar-refractivity contribution in [3.8, 4) is 5.75 Å². The topological polar surface area (TPSA) is 90.2 Å². The molecule has 0 unspecified atom stereocenters. The number of halogens is 1. The highest BCUT2D eigenvalue weighted by molar-refractivity contribution is 8.00. The molecule has 6 nitrogen and oxygen atoms in total. The molecule has 120 valence electrons. The lowest BCUT2D eigenvalue weighted by molar-refractivity contribution is -0.147. The number of alkyl halides is 1. The maximum absolute atomic E-state index is 12.3. The number of phenolic OH excluding ortho intramolecular Hbond substituents is 1. The summed E-state index contributed by atoms with van der Waals surface area (Å²) in [6.07, 6.45) is 1.44. The normalized spacial score (nSPS) is 23.9. The van der Waals surface area contributed by atoms with E-state index >= 15 is 0 Å². The summed E-state index contributed by atoms with van der Waals surface area (Å²) in [7, 11) is 0. The Kier molecular flexibility index (Phi) is 4.32. The first-order valence-corrected chi connectivity index (χ1v) is 8.40. The lowest BCUT2D eigenvalue weighted by Crippen LogP contribution is -2.64. The monoisotopic (exact) mass is 352 g/mol. The second-order valence-electron chi connectivity index (χ2n) is 5.08. The Morgan fingerprint density at radius 3 is 2.87 bits per heavy atom. The Morgan fingerprint density at radius 1 is 1.48 bits per heavy atom. The summed E-state index contributed by atoms with van der Waals surface area (Å²) in [6.45, 7) is 0. The predicted octanol–water partition coefficient (Wildman–Crippen LogP) is 1.67. The predicted molar refractivity (Wildman–Crippen MR) is 88.0 cm³/mol. The van der Waals surface area contributed by atoms with Crippen LogP contribution in [0.2, 0.25) is 0 Å². The fourth-order valence-electron chi connectivity index (χ4n) is 2.53. The Morgan fingerprint density at radius 2 is 2.22 bits per heavy atom. The highest BCUT2D eigenvalue weighted by atomic mass is 35.5. The van der Waals surface area contributed by atoms with Gasteiger partial charge in [-0.2, -0.15) is 0 Å². The molecule has 0 spiro atoms. The molecule has 2 aliphatic heterocycles. The molecule has 1 aromatic rings. The number of phenols is 1. The van der Waals surface area contributed by atoms with Crippen LogP contribution in [0.4, 0.5) is 0 Å². The molecule has 2 aliphatic rings. The van der Waals surface area contributed by atoms with Crippen molar-refractivity contribution in [2.45, 2.75) is 11.4 Å². The van der Waals surface area contributed by atoms with Crippen molar-refractivity contribution in [3.63, 3.8) is 0 Å². The van der Waals surface area contributed by atoms with E-state index in [1.807, 2.05) is 0 Å². The van der Waals surface area contributed by atoms with Crippen molar-refractivity contribution in [3.05, 3.63) is 41.1 Å². The first-order valence-electron chi connectivity index (χ1n) is 6.81. The third-order valence-electron chi connectivity index (χ3n) is 3.69. The maximum atomic E-state index is 12.3. The van der Waals surface area contributed by atoms with Crippen molar-refractivity contribution < 1.29 is 19.8 Å². The molecule has 3 rings (SSSR count). The lowest BCUT2D eigenvalue weighted by Gasteiger charge is -2.47. The molecule has 0 bridgehead atoms. The van der Waals surface area contributed by atoms with Gasteiger partial charge in [-0.05, 0) is 17.7 Å². The molecule has 0 saturated carbocycles. The number of para-hydroxylation sites is 1. The van der Waals surface area contributed by atoms with Crippen LogP contribution in [0.5, 0.6) is 5.75 Å². The van der Waals surface area contributed by atoms with Crippen molar-refractivity contribution in [2.75, 3.05) is 11.6 Å². The summed E-state index contributed by atoms with van der Waals surface area (Å²) in [6, 6.07) is 6.01. The van der Waals surface area contributed by atoms with Crippen LogP contribution >= 0.6 is 23.4 Å². The summed E-state index contributed by atoms with van der Waals surface area (Å²) in [5.74, 6) is -0.901. The molecule has 2 N–H and O–H groups in total. The quantitative estimate of drug-likeness (QED) is 0.489. The second-order valence-corrected chi connectivity index (χ2v) is 6.45. The van der Waals surface area contributed by atoms with Gasteiger partial charge in [0.2, 0.25) is 0 Å². The van der Waals surface area contributed by atoms with Crippen LogP contribution in [0.15, 0.2) is 40.5 Å². The van der Waals surface area contributed by atoms with E-state index in [1.54, 1.807) is 18.2 Å². The van der Waals surface area contributed by atoms with Crippen LogP contribution in [0.3, 0.4) is 0 Å². The minimum atomic E-state index is -1.15. The Bertz CT molecular complexity index is 734. The summed E-state index contributed by atoms with van der Waals surface area (Å²) < 4.78 is 0. The number of hydrogen-bond donors (Lipinski definition) is 2. The zero-order chi connectivity index (χ0) is 16.6. The number of rotatable bonds is 4. The maximum Gasteiger partial charge on any atom is 0.352 e. The average molecular weight is 353 g/mol. The Hall–Kier alpha value is -1.99. The zero-order valence-corrected chi connectivity index (χ0v) is 13.4. The lowest BCUT2D eigenvalue weighted by atomic mass is 10.0. The number of benzene rings is 1. The number of carboxylic acid groups (broad SMARTS) is 1. The van der Waals surface area contributed by atoms with Gasteiger partial charge in [-0.3, -0.25) is 14.7 Å². The standard InChI is InChI=1S/C15H13ClN2O4S/c16-5-9-7-23-14-11(13(20)18(14)12(9)15(21)22)17-6-8-3-1-2-4-10(8)19/h1-4,6,11,14,19H,5,7H2,(H,21,22)/t11-,14-/m1/s1. The van der Waals surface area contributed by atoms with E-state index in [2.05, 4.69) is 4.99 Å². The van der Waals surface area contributed by atoms with Crippen LogP contribution in [-0.4, -0.2) is 56.3 Å². The molecule has 1 fully saturated rings. The van der Waals surface area contributed by atoms with Gasteiger partial charge in [-0.25, -0.2) is 4.79 Å². The number of carboxylic acids is 1. The number of hydrogen-bond acceptors (Lipinski definition) is 5. The molecule has 23 heavy (non-hydrogen) atoms. The summed E-state index contributed by atoms with van der Waals surface area (Å²) in [5, 5.41) is 18.7. The largest absolute Gasteiger partial charge is 0.507 e. The van der Waals surface area contributed by atoms with Gasteiger partial charge < -0.3 is 10.2 Å². The van der Waals surface area contributed by atoms with E-state index < -0.39 is 12.0 Å². The van der Waals surface area contributed by atoms with Crippen LogP contribution in [0.25, 0.3) is 0 Å². The molecule has 1 saturated heterocycles. The van der Waals surface area contributed by atoms with Crippen molar-refractivity contribution in [1.82, 2.24) is 4.90 Å². The fourth-order valence-corrected chi connectivity index (χ4v) is 4.20. The third-order valence-corrected chi connectivity index (χ3v) is 5.34. The van der Waals surface area contributed by atoms with Gasteiger partial charge in [0, 0.05) is 23.4 Å². The Balaban J connectivity index is 1.83. The number of aliphatic imine (C=N–C) groups is 1. The van der Waals surface area contributed by atoms with Crippen molar-refractivity contribution in [1.29, 1.82) is 0 Å². The van der Waals surface area contributed by atoms with Gasteiger partial charge >= 0.3 is 5.97 Å².